The number of likely N-dealkylation sites (N-methyl/N-ethyl adjacent to an activating group) is 1. The molecule has 2 aliphatic rings. The second kappa shape index (κ2) is 6.71. The molecule has 1 N–H and O–H groups in total. The average Bonchev–Trinajstić information content (AvgIpc) is 2.73. The average molecular weight is 319 g/mol. The summed E-state index contributed by atoms with van der Waals surface area (Å²) in [5, 5.41) is 2.57. The summed E-state index contributed by atoms with van der Waals surface area (Å²) in [6, 6.07) is 7.73. The maximum Gasteiger partial charge on any atom is 0.238 e. The Bertz CT molecular complexity index is 578. The molecule has 1 aromatic rings. The number of amides is 2. The molecule has 0 bridgehead atoms. The molecule has 118 valence electrons. The number of thioether (sulfide) groups is 1. The van der Waals surface area contributed by atoms with Gasteiger partial charge in [-0.15, -0.1) is 11.8 Å². The summed E-state index contributed by atoms with van der Waals surface area (Å²) in [6.45, 7) is 3.47. The quantitative estimate of drug-likeness (QED) is 0.901. The smallest absolute Gasteiger partial charge is 0.238 e. The number of hydrogen-bond acceptors (Lipinski definition) is 4. The zero-order valence-corrected chi connectivity index (χ0v) is 13.6. The van der Waals surface area contributed by atoms with Gasteiger partial charge in [0.2, 0.25) is 11.8 Å². The molecule has 0 spiro atoms. The van der Waals surface area contributed by atoms with E-state index in [1.165, 1.54) is 11.8 Å². The van der Waals surface area contributed by atoms with Crippen molar-refractivity contribution in [2.45, 2.75) is 23.0 Å². The van der Waals surface area contributed by atoms with Crippen LogP contribution in [0.15, 0.2) is 29.2 Å². The summed E-state index contributed by atoms with van der Waals surface area (Å²) in [4.78, 5) is 29.9. The second-order valence-corrected chi connectivity index (χ2v) is 7.08. The van der Waals surface area contributed by atoms with Crippen LogP contribution in [0.1, 0.15) is 12.8 Å². The number of hydrogen-bond donors (Lipinski definition) is 1. The van der Waals surface area contributed by atoms with Gasteiger partial charge in [0.1, 0.15) is 0 Å². The van der Waals surface area contributed by atoms with Gasteiger partial charge in [-0.25, -0.2) is 0 Å². The largest absolute Gasteiger partial charge is 0.341 e. The summed E-state index contributed by atoms with van der Waals surface area (Å²) in [5.74, 6) is 0.0197. The molecule has 1 fully saturated rings. The molecule has 2 amide bonds. The molecule has 22 heavy (non-hydrogen) atoms. The lowest BCUT2D eigenvalue weighted by molar-refractivity contribution is -0.132. The molecule has 1 aromatic carbocycles. The van der Waals surface area contributed by atoms with Crippen LogP contribution in [0.4, 0.5) is 5.69 Å². The van der Waals surface area contributed by atoms with Gasteiger partial charge in [0.05, 0.1) is 10.9 Å². The third-order valence-corrected chi connectivity index (χ3v) is 5.41. The van der Waals surface area contributed by atoms with Crippen molar-refractivity contribution in [2.75, 3.05) is 38.5 Å². The van der Waals surface area contributed by atoms with Crippen molar-refractivity contribution >= 4 is 29.3 Å². The van der Waals surface area contributed by atoms with Gasteiger partial charge in [0.15, 0.2) is 0 Å². The molecule has 5 nitrogen and oxygen atoms in total. The first-order valence-electron chi connectivity index (χ1n) is 7.66. The Kier molecular flexibility index (Phi) is 4.69. The molecule has 2 aliphatic heterocycles. The van der Waals surface area contributed by atoms with Crippen molar-refractivity contribution in [3.8, 4) is 0 Å². The van der Waals surface area contributed by atoms with E-state index in [0.717, 1.165) is 43.2 Å². The highest BCUT2D eigenvalue weighted by Gasteiger charge is 2.30. The first kappa shape index (κ1) is 15.4. The summed E-state index contributed by atoms with van der Waals surface area (Å²) in [6.07, 6.45) is 1.27. The number of para-hydroxylation sites is 1. The first-order valence-corrected chi connectivity index (χ1v) is 8.54. The third-order valence-electron chi connectivity index (χ3n) is 4.14. The summed E-state index contributed by atoms with van der Waals surface area (Å²) >= 11 is 1.49. The van der Waals surface area contributed by atoms with Crippen LogP contribution in [-0.2, 0) is 9.59 Å². The highest BCUT2D eigenvalue weighted by atomic mass is 32.2. The highest BCUT2D eigenvalue weighted by Crippen LogP contribution is 2.36. The minimum atomic E-state index is -0.330. The first-order chi connectivity index (χ1) is 10.6. The van der Waals surface area contributed by atoms with E-state index < -0.39 is 0 Å². The van der Waals surface area contributed by atoms with Gasteiger partial charge in [0.25, 0.3) is 0 Å². The fourth-order valence-electron chi connectivity index (χ4n) is 2.81. The Morgan fingerprint density at radius 2 is 2.09 bits per heavy atom. The van der Waals surface area contributed by atoms with Crippen LogP contribution in [0.3, 0.4) is 0 Å². The van der Waals surface area contributed by atoms with E-state index in [0.29, 0.717) is 0 Å². The van der Waals surface area contributed by atoms with E-state index in [1.54, 1.807) is 0 Å². The lowest BCUT2D eigenvalue weighted by Crippen LogP contribution is -2.39. The lowest BCUT2D eigenvalue weighted by Gasteiger charge is -2.26. The van der Waals surface area contributed by atoms with Gasteiger partial charge in [-0.2, -0.15) is 0 Å². The fraction of sp³-hybridized carbons (Fsp3) is 0.500. The number of benzene rings is 1. The molecule has 0 saturated carbocycles. The van der Waals surface area contributed by atoms with Crippen LogP contribution in [0.2, 0.25) is 0 Å². The van der Waals surface area contributed by atoms with Crippen LogP contribution >= 0.6 is 11.8 Å². The number of nitrogens with one attached hydrogen (secondary N) is 1. The Morgan fingerprint density at radius 1 is 1.27 bits per heavy atom. The van der Waals surface area contributed by atoms with E-state index >= 15 is 0 Å². The number of fused-ring (bicyclic) bond motifs is 1. The van der Waals surface area contributed by atoms with Gasteiger partial charge >= 0.3 is 0 Å². The molecule has 6 heteroatoms. The van der Waals surface area contributed by atoms with Crippen molar-refractivity contribution in [1.29, 1.82) is 0 Å². The molecular weight excluding hydrogens is 298 g/mol. The Hall–Kier alpha value is -1.53. The predicted octanol–water partition coefficient (Wildman–Crippen LogP) is 1.65. The van der Waals surface area contributed by atoms with Crippen LogP contribution in [0.5, 0.6) is 0 Å². The normalized spacial score (nSPS) is 22.7. The summed E-state index contributed by atoms with van der Waals surface area (Å²) in [7, 11) is 2.08. The molecule has 1 atom stereocenters. The SMILES string of the molecule is CN1CCCN(C(=O)CC2Sc3ccccc3NC2=O)CC1. The molecule has 3 rings (SSSR count). The molecule has 2 heterocycles. The van der Waals surface area contributed by atoms with Gasteiger partial charge in [-0.3, -0.25) is 9.59 Å². The van der Waals surface area contributed by atoms with Crippen molar-refractivity contribution in [1.82, 2.24) is 9.80 Å². The Labute approximate surface area is 135 Å². The number of carbonyl (C=O) groups excluding carboxylic acids is 2. The molecule has 0 aromatic heterocycles. The van der Waals surface area contributed by atoms with Gasteiger partial charge in [-0.05, 0) is 32.1 Å². The molecule has 1 unspecified atom stereocenters. The maximum atomic E-state index is 12.5. The fourth-order valence-corrected chi connectivity index (χ4v) is 3.91. The van der Waals surface area contributed by atoms with Crippen LogP contribution in [0, 0.1) is 0 Å². The highest BCUT2D eigenvalue weighted by molar-refractivity contribution is 8.01. The minimum Gasteiger partial charge on any atom is -0.341 e. The standard InChI is InChI=1S/C16H21N3O2S/c1-18-7-4-8-19(10-9-18)15(20)11-14-16(21)17-12-5-2-3-6-13(12)22-14/h2-3,5-6,14H,4,7-11H2,1H3,(H,17,21). The van der Waals surface area contributed by atoms with E-state index in [9.17, 15) is 9.59 Å². The molecule has 0 radical (unpaired) electrons. The molecule has 1 saturated heterocycles. The van der Waals surface area contributed by atoms with Crippen molar-refractivity contribution < 1.29 is 9.59 Å². The predicted molar refractivity (Wildman–Crippen MR) is 88.0 cm³/mol. The second-order valence-electron chi connectivity index (χ2n) is 5.83. The van der Waals surface area contributed by atoms with E-state index in [1.807, 2.05) is 29.2 Å². The number of anilines is 1. The zero-order chi connectivity index (χ0) is 15.5. The number of carbonyl (C=O) groups is 2. The van der Waals surface area contributed by atoms with Crippen LogP contribution in [0.25, 0.3) is 0 Å². The van der Waals surface area contributed by atoms with Gasteiger partial charge in [0, 0.05) is 31.0 Å². The third kappa shape index (κ3) is 3.44. The van der Waals surface area contributed by atoms with Crippen molar-refractivity contribution in [3.63, 3.8) is 0 Å². The summed E-state index contributed by atoms with van der Waals surface area (Å²) < 4.78 is 0. The Balaban J connectivity index is 1.63. The number of rotatable bonds is 2. The van der Waals surface area contributed by atoms with E-state index in [-0.39, 0.29) is 23.5 Å². The summed E-state index contributed by atoms with van der Waals surface area (Å²) in [5.41, 5.74) is 0.845. The Morgan fingerprint density at radius 3 is 2.95 bits per heavy atom. The van der Waals surface area contributed by atoms with Crippen molar-refractivity contribution in [2.24, 2.45) is 0 Å². The zero-order valence-electron chi connectivity index (χ0n) is 12.7. The van der Waals surface area contributed by atoms with Crippen LogP contribution < -0.4 is 5.32 Å². The van der Waals surface area contributed by atoms with E-state index in [2.05, 4.69) is 17.3 Å². The van der Waals surface area contributed by atoms with Crippen LogP contribution in [-0.4, -0.2) is 60.1 Å². The monoisotopic (exact) mass is 319 g/mol. The van der Waals surface area contributed by atoms with Crippen molar-refractivity contribution in [3.05, 3.63) is 24.3 Å². The molecule has 0 aliphatic carbocycles. The minimum absolute atomic E-state index is 0.0658. The van der Waals surface area contributed by atoms with Gasteiger partial charge in [-0.1, -0.05) is 12.1 Å². The van der Waals surface area contributed by atoms with E-state index in [4.69, 9.17) is 0 Å². The molecular formula is C16H21N3O2S. The lowest BCUT2D eigenvalue weighted by atomic mass is 10.2. The topological polar surface area (TPSA) is 52.6 Å². The maximum absolute atomic E-state index is 12.5. The number of nitrogens with zero attached hydrogens (tertiary/aromatic N) is 2. The van der Waals surface area contributed by atoms with Gasteiger partial charge < -0.3 is 15.1 Å².